The molecule has 0 N–H and O–H groups in total. The molecule has 2 aromatic carbocycles. The van der Waals surface area contributed by atoms with Gasteiger partial charge in [0.15, 0.2) is 5.78 Å². The van der Waals surface area contributed by atoms with E-state index in [1.165, 1.54) is 18.6 Å². The lowest BCUT2D eigenvalue weighted by Crippen LogP contribution is -2.52. The lowest BCUT2D eigenvalue weighted by molar-refractivity contribution is -0.138. The van der Waals surface area contributed by atoms with Crippen molar-refractivity contribution in [3.05, 3.63) is 70.8 Å². The van der Waals surface area contributed by atoms with E-state index in [4.69, 9.17) is 0 Å². The molecule has 2 aliphatic heterocycles. The van der Waals surface area contributed by atoms with E-state index in [2.05, 4.69) is 17.0 Å². The second-order valence-corrected chi connectivity index (χ2v) is 8.40. The number of carbonyl (C=O) groups excluding carboxylic acids is 1. The molecule has 154 valence electrons. The fourth-order valence-electron chi connectivity index (χ4n) is 5.17. The lowest BCUT2D eigenvalue weighted by Gasteiger charge is -2.48. The maximum Gasteiger partial charge on any atom is 0.416 e. The summed E-state index contributed by atoms with van der Waals surface area (Å²) in [6.45, 7) is 2.29. The number of halogens is 3. The monoisotopic (exact) mass is 401 g/mol. The van der Waals surface area contributed by atoms with Crippen molar-refractivity contribution < 1.29 is 18.0 Å². The number of benzene rings is 2. The molecule has 2 heterocycles. The van der Waals surface area contributed by atoms with Gasteiger partial charge >= 0.3 is 6.18 Å². The van der Waals surface area contributed by atoms with Gasteiger partial charge in [-0.3, -0.25) is 9.69 Å². The van der Waals surface area contributed by atoms with E-state index < -0.39 is 11.7 Å². The van der Waals surface area contributed by atoms with E-state index in [0.29, 0.717) is 12.1 Å². The van der Waals surface area contributed by atoms with Gasteiger partial charge in [0, 0.05) is 30.1 Å². The Balaban J connectivity index is 1.54. The smallest absolute Gasteiger partial charge is 0.294 e. The molecule has 2 saturated heterocycles. The highest BCUT2D eigenvalue weighted by atomic mass is 19.4. The van der Waals surface area contributed by atoms with Crippen molar-refractivity contribution >= 4 is 5.78 Å². The van der Waals surface area contributed by atoms with E-state index in [1.54, 1.807) is 6.07 Å². The Hall–Kier alpha value is -2.14. The van der Waals surface area contributed by atoms with Crippen molar-refractivity contribution in [2.24, 2.45) is 5.92 Å². The molecular formula is C24H26F3NO. The van der Waals surface area contributed by atoms with Crippen molar-refractivity contribution in [3.63, 3.8) is 0 Å². The van der Waals surface area contributed by atoms with Gasteiger partial charge < -0.3 is 0 Å². The Labute approximate surface area is 169 Å². The molecule has 0 spiro atoms. The molecule has 2 aliphatic rings. The summed E-state index contributed by atoms with van der Waals surface area (Å²) in [6, 6.07) is 14.9. The summed E-state index contributed by atoms with van der Waals surface area (Å²) in [6.07, 6.45) is 0.291. The summed E-state index contributed by atoms with van der Waals surface area (Å²) in [5.74, 6) is -0.315. The topological polar surface area (TPSA) is 20.3 Å². The normalized spacial score (nSPS) is 25.0. The summed E-state index contributed by atoms with van der Waals surface area (Å²) in [5, 5.41) is 0. The largest absolute Gasteiger partial charge is 0.416 e. The molecular weight excluding hydrogens is 375 g/mol. The maximum atomic E-state index is 13.3. The summed E-state index contributed by atoms with van der Waals surface area (Å²) in [5.41, 5.74) is 0.856. The first kappa shape index (κ1) is 20.1. The van der Waals surface area contributed by atoms with Gasteiger partial charge in [-0.2, -0.15) is 13.2 Å². The predicted molar refractivity (Wildman–Crippen MR) is 107 cm³/mol. The van der Waals surface area contributed by atoms with Crippen LogP contribution in [0.2, 0.25) is 0 Å². The number of rotatable bonds is 4. The van der Waals surface area contributed by atoms with Crippen molar-refractivity contribution in [2.75, 3.05) is 0 Å². The number of carbonyl (C=O) groups is 1. The average molecular weight is 401 g/mol. The first-order chi connectivity index (χ1) is 13.8. The van der Waals surface area contributed by atoms with Gasteiger partial charge in [0.1, 0.15) is 0 Å². The van der Waals surface area contributed by atoms with E-state index in [-0.39, 0.29) is 22.8 Å². The van der Waals surface area contributed by atoms with E-state index in [0.717, 1.165) is 44.7 Å². The number of nitrogens with zero attached hydrogens (tertiary/aromatic N) is 1. The minimum Gasteiger partial charge on any atom is -0.294 e. The van der Waals surface area contributed by atoms with Crippen LogP contribution < -0.4 is 0 Å². The third kappa shape index (κ3) is 4.11. The average Bonchev–Trinajstić information content (AvgIpc) is 2.67. The molecule has 0 radical (unpaired) electrons. The lowest BCUT2D eigenvalue weighted by atomic mass is 9.75. The Kier molecular flexibility index (Phi) is 5.52. The molecule has 2 unspecified atom stereocenters. The first-order valence-electron chi connectivity index (χ1n) is 10.4. The molecule has 0 amide bonds. The zero-order valence-corrected chi connectivity index (χ0v) is 16.6. The number of hydrogen-bond donors (Lipinski definition) is 0. The molecule has 2 nitrogen and oxygen atoms in total. The quantitative estimate of drug-likeness (QED) is 0.583. The van der Waals surface area contributed by atoms with Crippen molar-refractivity contribution in [1.29, 1.82) is 0 Å². The molecule has 4 rings (SSSR count). The van der Waals surface area contributed by atoms with Crippen LogP contribution in [0.3, 0.4) is 0 Å². The van der Waals surface area contributed by atoms with Crippen LogP contribution in [0.25, 0.3) is 0 Å². The van der Waals surface area contributed by atoms with Gasteiger partial charge in [0.05, 0.1) is 5.56 Å². The van der Waals surface area contributed by atoms with Crippen LogP contribution in [0.4, 0.5) is 13.2 Å². The van der Waals surface area contributed by atoms with Gasteiger partial charge in [0.2, 0.25) is 0 Å². The molecule has 29 heavy (non-hydrogen) atoms. The van der Waals surface area contributed by atoms with Gasteiger partial charge in [-0.15, -0.1) is 0 Å². The molecule has 2 aromatic rings. The fourth-order valence-corrected chi connectivity index (χ4v) is 5.17. The summed E-state index contributed by atoms with van der Waals surface area (Å²) < 4.78 is 39.8. The molecule has 0 aliphatic carbocycles. The van der Waals surface area contributed by atoms with Crippen molar-refractivity contribution in [3.8, 4) is 0 Å². The number of alkyl halides is 3. The van der Waals surface area contributed by atoms with Crippen LogP contribution in [0.15, 0.2) is 48.5 Å². The molecule has 2 atom stereocenters. The predicted octanol–water partition coefficient (Wildman–Crippen LogP) is 6.03. The highest BCUT2D eigenvalue weighted by molar-refractivity contribution is 5.99. The minimum absolute atomic E-state index is 0.0573. The first-order valence-corrected chi connectivity index (χ1v) is 10.4. The fraction of sp³-hybridized carbons (Fsp3) is 0.458. The summed E-state index contributed by atoms with van der Waals surface area (Å²) in [4.78, 5) is 15.7. The SMILES string of the molecule is Cc1c(C(=O)C2CC3CCCC(C2)N3Cc2ccccc2)cccc1C(F)(F)F. The zero-order valence-electron chi connectivity index (χ0n) is 16.6. The zero-order chi connectivity index (χ0) is 20.6. The number of piperidine rings is 2. The second kappa shape index (κ2) is 7.94. The Morgan fingerprint density at radius 3 is 2.28 bits per heavy atom. The number of fused-ring (bicyclic) bond motifs is 2. The maximum absolute atomic E-state index is 13.3. The molecule has 0 aromatic heterocycles. The molecule has 2 bridgehead atoms. The summed E-state index contributed by atoms with van der Waals surface area (Å²) in [7, 11) is 0. The van der Waals surface area contributed by atoms with Crippen LogP contribution in [-0.4, -0.2) is 22.8 Å². The Bertz CT molecular complexity index is 863. The van der Waals surface area contributed by atoms with E-state index in [9.17, 15) is 18.0 Å². The molecule has 5 heteroatoms. The van der Waals surface area contributed by atoms with Crippen LogP contribution in [-0.2, 0) is 12.7 Å². The van der Waals surface area contributed by atoms with Gasteiger partial charge in [-0.1, -0.05) is 48.9 Å². The number of Topliss-reactive ketones (excluding diaryl/α,β-unsaturated/α-hetero) is 1. The van der Waals surface area contributed by atoms with Gasteiger partial charge in [0.25, 0.3) is 0 Å². The van der Waals surface area contributed by atoms with E-state index in [1.807, 2.05) is 18.2 Å². The van der Waals surface area contributed by atoms with Gasteiger partial charge in [-0.05, 0) is 49.8 Å². The minimum atomic E-state index is -4.43. The van der Waals surface area contributed by atoms with E-state index >= 15 is 0 Å². The van der Waals surface area contributed by atoms with Crippen LogP contribution >= 0.6 is 0 Å². The number of hydrogen-bond acceptors (Lipinski definition) is 2. The standard InChI is InChI=1S/C24H26F3NO/c1-16-21(11-6-12-22(16)24(25,26)27)23(29)18-13-19-9-5-10-20(14-18)28(19)15-17-7-3-2-4-8-17/h2-4,6-8,11-12,18-20H,5,9-10,13-15H2,1H3. The van der Waals surface area contributed by atoms with Crippen LogP contribution in [0.1, 0.15) is 59.2 Å². The van der Waals surface area contributed by atoms with Crippen LogP contribution in [0, 0.1) is 12.8 Å². The van der Waals surface area contributed by atoms with Crippen molar-refractivity contribution in [2.45, 2.75) is 63.8 Å². The third-order valence-corrected chi connectivity index (χ3v) is 6.61. The number of ketones is 1. The van der Waals surface area contributed by atoms with Crippen LogP contribution in [0.5, 0.6) is 0 Å². The third-order valence-electron chi connectivity index (χ3n) is 6.61. The highest BCUT2D eigenvalue weighted by Crippen LogP contribution is 2.40. The summed E-state index contributed by atoms with van der Waals surface area (Å²) >= 11 is 0. The van der Waals surface area contributed by atoms with Gasteiger partial charge in [-0.25, -0.2) is 0 Å². The highest BCUT2D eigenvalue weighted by Gasteiger charge is 2.41. The Morgan fingerprint density at radius 2 is 1.66 bits per heavy atom. The molecule has 0 saturated carbocycles. The second-order valence-electron chi connectivity index (χ2n) is 8.40. The molecule has 2 fully saturated rings. The Morgan fingerprint density at radius 1 is 1.00 bits per heavy atom. The van der Waals surface area contributed by atoms with Crippen molar-refractivity contribution in [1.82, 2.24) is 4.90 Å².